The van der Waals surface area contributed by atoms with E-state index in [0.29, 0.717) is 11.1 Å². The Kier molecular flexibility index (Phi) is 5.42. The molecule has 1 aromatic heterocycles. The second-order valence-corrected chi connectivity index (χ2v) is 7.68. The maximum absolute atomic E-state index is 12.2. The van der Waals surface area contributed by atoms with Gasteiger partial charge in [0.2, 0.25) is 0 Å². The predicted molar refractivity (Wildman–Crippen MR) is 114 cm³/mol. The van der Waals surface area contributed by atoms with Crippen LogP contribution >= 0.6 is 0 Å². The molecule has 0 spiro atoms. The molecule has 0 radical (unpaired) electrons. The number of nitrogens with zero attached hydrogens (tertiary/aromatic N) is 3. The molecule has 4 rings (SSSR count). The Labute approximate surface area is 174 Å². The number of aryl methyl sites for hydroxylation is 1. The number of aromatic nitrogens is 2. The number of ether oxygens (including phenoxy) is 1. The zero-order valence-corrected chi connectivity index (χ0v) is 17.1. The zero-order chi connectivity index (χ0) is 21.3. The third-order valence-electron chi connectivity index (χ3n) is 5.71. The lowest BCUT2D eigenvalue weighted by molar-refractivity contribution is 0.0603. The minimum Gasteiger partial charge on any atom is -0.465 e. The summed E-state index contributed by atoms with van der Waals surface area (Å²) in [6, 6.07) is 13.5. The molecule has 30 heavy (non-hydrogen) atoms. The van der Waals surface area contributed by atoms with Gasteiger partial charge >= 0.3 is 5.97 Å². The van der Waals surface area contributed by atoms with Crippen LogP contribution in [-0.4, -0.2) is 40.1 Å². The lowest BCUT2D eigenvalue weighted by Gasteiger charge is -2.27. The van der Waals surface area contributed by atoms with Crippen LogP contribution in [0.25, 0.3) is 16.6 Å². The molecule has 7 nitrogen and oxygen atoms in total. The van der Waals surface area contributed by atoms with Gasteiger partial charge in [0.05, 0.1) is 46.9 Å². The Morgan fingerprint density at radius 1 is 1.27 bits per heavy atom. The smallest absolute Gasteiger partial charge is 0.338 e. The number of esters is 1. The number of methoxy groups -OCH3 is 1. The molecule has 3 aromatic rings. The van der Waals surface area contributed by atoms with Crippen molar-refractivity contribution in [3.63, 3.8) is 0 Å². The summed E-state index contributed by atoms with van der Waals surface area (Å²) in [7, 11) is 1.36. The number of hydrogen-bond acceptors (Lipinski definition) is 6. The van der Waals surface area contributed by atoms with Crippen LogP contribution in [0.5, 0.6) is 0 Å². The second-order valence-electron chi connectivity index (χ2n) is 7.68. The first kappa shape index (κ1) is 19.9. The fourth-order valence-corrected chi connectivity index (χ4v) is 4.15. The molecule has 0 saturated heterocycles. The number of carbonyl (C=O) groups excluding carboxylic acids is 1. The van der Waals surface area contributed by atoms with Crippen LogP contribution in [0, 0.1) is 18.3 Å². The molecule has 1 aliphatic rings. The quantitative estimate of drug-likeness (QED) is 0.643. The Morgan fingerprint density at radius 2 is 2.03 bits per heavy atom. The average molecular weight is 404 g/mol. The largest absolute Gasteiger partial charge is 0.465 e. The summed E-state index contributed by atoms with van der Waals surface area (Å²) in [6.07, 6.45) is 3.02. The normalized spacial score (nSPS) is 18.7. The van der Waals surface area contributed by atoms with Crippen LogP contribution in [0.3, 0.4) is 0 Å². The van der Waals surface area contributed by atoms with Gasteiger partial charge in [0, 0.05) is 11.4 Å². The molecule has 1 aliphatic carbocycles. The molecular formula is C23H24N4O3. The van der Waals surface area contributed by atoms with Gasteiger partial charge < -0.3 is 15.2 Å². The van der Waals surface area contributed by atoms with Gasteiger partial charge in [0.1, 0.15) is 6.07 Å². The van der Waals surface area contributed by atoms with Crippen molar-refractivity contribution in [3.05, 3.63) is 53.2 Å². The summed E-state index contributed by atoms with van der Waals surface area (Å²) >= 11 is 0. The summed E-state index contributed by atoms with van der Waals surface area (Å²) in [5, 5.41) is 28.2. The first-order valence-corrected chi connectivity index (χ1v) is 10.1. The van der Waals surface area contributed by atoms with Crippen LogP contribution in [-0.2, 0) is 4.74 Å². The fraction of sp³-hybridized carbons (Fsp3) is 0.348. The highest BCUT2D eigenvalue weighted by atomic mass is 16.5. The lowest BCUT2D eigenvalue weighted by atomic mass is 9.93. The van der Waals surface area contributed by atoms with E-state index in [2.05, 4.69) is 16.5 Å². The van der Waals surface area contributed by atoms with Crippen molar-refractivity contribution >= 4 is 22.6 Å². The van der Waals surface area contributed by atoms with Crippen molar-refractivity contribution in [2.75, 3.05) is 12.4 Å². The fourth-order valence-electron chi connectivity index (χ4n) is 4.15. The topological polar surface area (TPSA) is 100 Å². The van der Waals surface area contributed by atoms with Crippen molar-refractivity contribution in [1.82, 2.24) is 9.78 Å². The van der Waals surface area contributed by atoms with Crippen molar-refractivity contribution in [2.45, 2.75) is 44.8 Å². The van der Waals surface area contributed by atoms with E-state index >= 15 is 0 Å². The zero-order valence-electron chi connectivity index (χ0n) is 17.1. The van der Waals surface area contributed by atoms with E-state index in [0.717, 1.165) is 53.7 Å². The average Bonchev–Trinajstić information content (AvgIpc) is 3.11. The van der Waals surface area contributed by atoms with E-state index in [1.807, 2.05) is 31.2 Å². The second kappa shape index (κ2) is 8.17. The van der Waals surface area contributed by atoms with Gasteiger partial charge in [-0.2, -0.15) is 10.4 Å². The van der Waals surface area contributed by atoms with Crippen molar-refractivity contribution in [1.29, 1.82) is 5.26 Å². The van der Waals surface area contributed by atoms with E-state index in [1.165, 1.54) is 7.11 Å². The SMILES string of the molecule is COC(=O)c1cccc2c1c(C)nn2-c1ccc(C#N)c(N[C@H]2CC[C@H](O)CC2)c1. The van der Waals surface area contributed by atoms with Crippen LogP contribution in [0.4, 0.5) is 5.69 Å². The van der Waals surface area contributed by atoms with Crippen LogP contribution in [0.2, 0.25) is 0 Å². The molecule has 1 heterocycles. The third kappa shape index (κ3) is 3.62. The highest BCUT2D eigenvalue weighted by Crippen LogP contribution is 2.29. The van der Waals surface area contributed by atoms with Gasteiger partial charge in [-0.05, 0) is 62.9 Å². The van der Waals surface area contributed by atoms with E-state index < -0.39 is 5.97 Å². The highest BCUT2D eigenvalue weighted by Gasteiger charge is 2.21. The maximum Gasteiger partial charge on any atom is 0.338 e. The first-order valence-electron chi connectivity index (χ1n) is 10.1. The first-order chi connectivity index (χ1) is 14.5. The molecule has 7 heteroatoms. The van der Waals surface area contributed by atoms with Crippen LogP contribution < -0.4 is 5.32 Å². The van der Waals surface area contributed by atoms with Gasteiger partial charge in [-0.15, -0.1) is 0 Å². The number of hydrogen-bond donors (Lipinski definition) is 2. The number of nitriles is 1. The molecule has 0 atom stereocenters. The number of nitrogens with one attached hydrogen (secondary N) is 1. The van der Waals surface area contributed by atoms with Gasteiger partial charge in [0.15, 0.2) is 0 Å². The molecule has 0 amide bonds. The van der Waals surface area contributed by atoms with Gasteiger partial charge in [-0.3, -0.25) is 0 Å². The molecule has 0 bridgehead atoms. The summed E-state index contributed by atoms with van der Waals surface area (Å²) in [6.45, 7) is 1.86. The molecule has 154 valence electrons. The Balaban J connectivity index is 1.75. The molecule has 2 aromatic carbocycles. The molecular weight excluding hydrogens is 380 g/mol. The van der Waals surface area contributed by atoms with Crippen LogP contribution in [0.1, 0.15) is 47.3 Å². The van der Waals surface area contributed by atoms with E-state index in [4.69, 9.17) is 4.74 Å². The highest BCUT2D eigenvalue weighted by molar-refractivity contribution is 6.05. The summed E-state index contributed by atoms with van der Waals surface area (Å²) in [4.78, 5) is 12.2. The maximum atomic E-state index is 12.2. The summed E-state index contributed by atoms with van der Waals surface area (Å²) < 4.78 is 6.70. The van der Waals surface area contributed by atoms with Crippen LogP contribution in [0.15, 0.2) is 36.4 Å². The molecule has 2 N–H and O–H groups in total. The number of aliphatic hydroxyl groups is 1. The van der Waals surface area contributed by atoms with Crippen molar-refractivity contribution in [2.24, 2.45) is 0 Å². The van der Waals surface area contributed by atoms with E-state index in [1.54, 1.807) is 16.8 Å². The monoisotopic (exact) mass is 404 g/mol. The number of rotatable bonds is 4. The summed E-state index contributed by atoms with van der Waals surface area (Å²) in [5.74, 6) is -0.398. The molecule has 0 unspecified atom stereocenters. The van der Waals surface area contributed by atoms with Crippen molar-refractivity contribution < 1.29 is 14.6 Å². The van der Waals surface area contributed by atoms with E-state index in [9.17, 15) is 15.2 Å². The number of fused-ring (bicyclic) bond motifs is 1. The Morgan fingerprint density at radius 3 is 2.73 bits per heavy atom. The van der Waals surface area contributed by atoms with Crippen molar-refractivity contribution in [3.8, 4) is 11.8 Å². The third-order valence-corrected chi connectivity index (χ3v) is 5.71. The van der Waals surface area contributed by atoms with E-state index in [-0.39, 0.29) is 12.1 Å². The number of benzene rings is 2. The predicted octanol–water partition coefficient (Wildman–Crippen LogP) is 3.71. The van der Waals surface area contributed by atoms with Gasteiger partial charge in [-0.25, -0.2) is 9.48 Å². The molecule has 0 aliphatic heterocycles. The molecule has 1 fully saturated rings. The Bertz CT molecular complexity index is 1140. The van der Waals surface area contributed by atoms with Gasteiger partial charge in [0.25, 0.3) is 0 Å². The van der Waals surface area contributed by atoms with Gasteiger partial charge in [-0.1, -0.05) is 6.07 Å². The molecule has 1 saturated carbocycles. The summed E-state index contributed by atoms with van der Waals surface area (Å²) in [5.41, 5.74) is 4.12. The standard InChI is InChI=1S/C23H24N4O3/c1-14-22-19(23(29)30-2)4-3-5-21(22)27(26-14)17-9-6-15(13-24)20(12-17)25-16-7-10-18(28)11-8-16/h3-6,9,12,16,18,25,28H,7-8,10-11H2,1-2H3/t16-,18-. The number of anilines is 1. The minimum absolute atomic E-state index is 0.220. The lowest BCUT2D eigenvalue weighted by Crippen LogP contribution is -2.28. The number of aliphatic hydroxyl groups excluding tert-OH is 1. The number of carbonyl (C=O) groups is 1. The Hall–Kier alpha value is -3.37. The minimum atomic E-state index is -0.398.